The Bertz CT molecular complexity index is 661. The van der Waals surface area contributed by atoms with Crippen molar-refractivity contribution in [2.75, 3.05) is 26.2 Å². The molecule has 0 radical (unpaired) electrons. The van der Waals surface area contributed by atoms with Crippen LogP contribution in [-0.4, -0.2) is 53.6 Å². The summed E-state index contributed by atoms with van der Waals surface area (Å²) in [6.07, 6.45) is 5.88. The van der Waals surface area contributed by atoms with Gasteiger partial charge in [0.25, 0.3) is 5.91 Å². The Hall–Kier alpha value is -1.56. The van der Waals surface area contributed by atoms with Gasteiger partial charge in [0.15, 0.2) is 0 Å². The standard InChI is InChI=1S/C18H24N2O3S/c1-2-19-12-18(23-17(19)22)7-9-20(10-8-18)16(21)14-11-24-15-6-4-3-5-13(14)15/h11H,2-10,12H2,1H3. The van der Waals surface area contributed by atoms with E-state index < -0.39 is 0 Å². The summed E-state index contributed by atoms with van der Waals surface area (Å²) in [7, 11) is 0. The lowest BCUT2D eigenvalue weighted by Gasteiger charge is -2.37. The molecule has 0 atom stereocenters. The summed E-state index contributed by atoms with van der Waals surface area (Å²) in [5.74, 6) is 0.168. The van der Waals surface area contributed by atoms with Crippen LogP contribution in [0.1, 0.15) is 53.4 Å². The van der Waals surface area contributed by atoms with Crippen LogP contribution in [0.25, 0.3) is 0 Å². The molecule has 0 aromatic carbocycles. The lowest BCUT2D eigenvalue weighted by atomic mass is 9.90. The van der Waals surface area contributed by atoms with Crippen LogP contribution >= 0.6 is 11.3 Å². The van der Waals surface area contributed by atoms with Crippen molar-refractivity contribution in [2.45, 2.75) is 51.0 Å². The molecule has 2 amide bonds. The van der Waals surface area contributed by atoms with Gasteiger partial charge in [0.05, 0.1) is 12.1 Å². The summed E-state index contributed by atoms with van der Waals surface area (Å²) in [5, 5.41) is 2.05. The molecule has 1 aromatic rings. The van der Waals surface area contributed by atoms with Gasteiger partial charge in [0.2, 0.25) is 0 Å². The van der Waals surface area contributed by atoms with Crippen molar-refractivity contribution in [3.05, 3.63) is 21.4 Å². The number of ether oxygens (including phenoxy) is 1. The topological polar surface area (TPSA) is 49.9 Å². The molecule has 2 saturated heterocycles. The molecule has 2 fully saturated rings. The van der Waals surface area contributed by atoms with E-state index in [1.165, 1.54) is 23.3 Å². The van der Waals surface area contributed by atoms with Gasteiger partial charge in [-0.3, -0.25) is 4.79 Å². The van der Waals surface area contributed by atoms with E-state index in [-0.39, 0.29) is 17.6 Å². The Kier molecular flexibility index (Phi) is 4.03. The Balaban J connectivity index is 1.44. The smallest absolute Gasteiger partial charge is 0.410 e. The van der Waals surface area contributed by atoms with E-state index in [1.54, 1.807) is 16.2 Å². The first-order chi connectivity index (χ1) is 11.6. The SMILES string of the molecule is CCN1CC2(CCN(C(=O)c3csc4c3CCCC4)CC2)OC1=O. The molecular weight excluding hydrogens is 324 g/mol. The highest BCUT2D eigenvalue weighted by molar-refractivity contribution is 7.10. The van der Waals surface area contributed by atoms with Crippen molar-refractivity contribution < 1.29 is 14.3 Å². The second-order valence-corrected chi connectivity index (χ2v) is 8.08. The van der Waals surface area contributed by atoms with Gasteiger partial charge in [-0.25, -0.2) is 4.79 Å². The van der Waals surface area contributed by atoms with Crippen molar-refractivity contribution in [1.82, 2.24) is 9.80 Å². The minimum atomic E-state index is -0.377. The van der Waals surface area contributed by atoms with Crippen LogP contribution < -0.4 is 0 Å². The molecule has 1 spiro atoms. The number of likely N-dealkylation sites (N-methyl/N-ethyl adjacent to an activating group) is 1. The number of piperidine rings is 1. The molecule has 0 bridgehead atoms. The lowest BCUT2D eigenvalue weighted by Crippen LogP contribution is -2.48. The zero-order valence-corrected chi connectivity index (χ0v) is 15.0. The number of amides is 2. The van der Waals surface area contributed by atoms with Gasteiger partial charge in [0, 0.05) is 42.7 Å². The predicted molar refractivity (Wildman–Crippen MR) is 92.6 cm³/mol. The van der Waals surface area contributed by atoms with Gasteiger partial charge in [-0.05, 0) is 38.2 Å². The molecule has 0 saturated carbocycles. The first-order valence-electron chi connectivity index (χ1n) is 8.98. The number of rotatable bonds is 2. The van der Waals surface area contributed by atoms with Crippen LogP contribution in [0.5, 0.6) is 0 Å². The van der Waals surface area contributed by atoms with Crippen LogP contribution in [0.2, 0.25) is 0 Å². The molecule has 1 aliphatic carbocycles. The van der Waals surface area contributed by atoms with Gasteiger partial charge in [-0.2, -0.15) is 0 Å². The highest BCUT2D eigenvalue weighted by atomic mass is 32.1. The fraction of sp³-hybridized carbons (Fsp3) is 0.667. The largest absolute Gasteiger partial charge is 0.441 e. The number of thiophene rings is 1. The molecule has 3 aliphatic rings. The summed E-state index contributed by atoms with van der Waals surface area (Å²) < 4.78 is 5.65. The maximum atomic E-state index is 12.9. The number of hydrogen-bond donors (Lipinski definition) is 0. The van der Waals surface area contributed by atoms with E-state index >= 15 is 0 Å². The van der Waals surface area contributed by atoms with Gasteiger partial charge in [-0.15, -0.1) is 11.3 Å². The molecule has 0 unspecified atom stereocenters. The van der Waals surface area contributed by atoms with Crippen LogP contribution in [0, 0.1) is 0 Å². The Morgan fingerprint density at radius 3 is 2.75 bits per heavy atom. The average Bonchev–Trinajstić information content (AvgIpc) is 3.16. The molecule has 0 N–H and O–H groups in total. The van der Waals surface area contributed by atoms with Crippen molar-refractivity contribution >= 4 is 23.3 Å². The molecule has 2 aliphatic heterocycles. The number of hydrogen-bond acceptors (Lipinski definition) is 4. The monoisotopic (exact) mass is 348 g/mol. The second-order valence-electron chi connectivity index (χ2n) is 7.12. The summed E-state index contributed by atoms with van der Waals surface area (Å²) in [4.78, 5) is 29.9. The summed E-state index contributed by atoms with van der Waals surface area (Å²) in [6.45, 7) is 4.67. The van der Waals surface area contributed by atoms with Gasteiger partial charge < -0.3 is 14.5 Å². The summed E-state index contributed by atoms with van der Waals surface area (Å²) in [5.41, 5.74) is 1.84. The molecule has 5 nitrogen and oxygen atoms in total. The minimum absolute atomic E-state index is 0.168. The van der Waals surface area contributed by atoms with Crippen LogP contribution in [0.4, 0.5) is 4.79 Å². The zero-order valence-electron chi connectivity index (χ0n) is 14.2. The van der Waals surface area contributed by atoms with E-state index in [2.05, 4.69) is 5.38 Å². The molecule has 24 heavy (non-hydrogen) atoms. The first-order valence-corrected chi connectivity index (χ1v) is 9.86. The van der Waals surface area contributed by atoms with Gasteiger partial charge in [-0.1, -0.05) is 0 Å². The number of fused-ring (bicyclic) bond motifs is 1. The highest BCUT2D eigenvalue weighted by Crippen LogP contribution is 2.35. The Morgan fingerprint density at radius 1 is 1.29 bits per heavy atom. The average molecular weight is 348 g/mol. The maximum absolute atomic E-state index is 12.9. The Labute approximate surface area is 146 Å². The Morgan fingerprint density at radius 2 is 2.04 bits per heavy atom. The normalized spacial score (nSPS) is 22.6. The van der Waals surface area contributed by atoms with Gasteiger partial charge >= 0.3 is 6.09 Å². The zero-order chi connectivity index (χ0) is 16.7. The van der Waals surface area contributed by atoms with E-state index in [1.807, 2.05) is 11.8 Å². The third-order valence-corrected chi connectivity index (χ3v) is 6.77. The first kappa shape index (κ1) is 15.9. The summed E-state index contributed by atoms with van der Waals surface area (Å²) in [6, 6.07) is 0. The van der Waals surface area contributed by atoms with E-state index in [4.69, 9.17) is 4.74 Å². The molecule has 4 rings (SSSR count). The van der Waals surface area contributed by atoms with Crippen molar-refractivity contribution in [2.24, 2.45) is 0 Å². The quantitative estimate of drug-likeness (QED) is 0.825. The van der Waals surface area contributed by atoms with Crippen LogP contribution in [-0.2, 0) is 17.6 Å². The minimum Gasteiger partial charge on any atom is -0.441 e. The summed E-state index contributed by atoms with van der Waals surface area (Å²) >= 11 is 1.74. The number of aryl methyl sites for hydroxylation is 1. The van der Waals surface area contributed by atoms with Crippen LogP contribution in [0.3, 0.4) is 0 Å². The van der Waals surface area contributed by atoms with Crippen molar-refractivity contribution in [1.29, 1.82) is 0 Å². The molecule has 1 aromatic heterocycles. The van der Waals surface area contributed by atoms with Crippen molar-refractivity contribution in [3.8, 4) is 0 Å². The number of nitrogens with zero attached hydrogens (tertiary/aromatic N) is 2. The number of carbonyl (C=O) groups excluding carboxylic acids is 2. The number of likely N-dealkylation sites (tertiary alicyclic amines) is 1. The van der Waals surface area contributed by atoms with E-state index in [9.17, 15) is 9.59 Å². The molecular formula is C18H24N2O3S. The maximum Gasteiger partial charge on any atom is 0.410 e. The third-order valence-electron chi connectivity index (χ3n) is 5.68. The predicted octanol–water partition coefficient (Wildman–Crippen LogP) is 3.07. The van der Waals surface area contributed by atoms with Gasteiger partial charge in [0.1, 0.15) is 5.60 Å². The van der Waals surface area contributed by atoms with E-state index in [0.717, 1.165) is 31.2 Å². The van der Waals surface area contributed by atoms with Crippen LogP contribution in [0.15, 0.2) is 5.38 Å². The lowest BCUT2D eigenvalue weighted by molar-refractivity contribution is 0.00312. The number of carbonyl (C=O) groups is 2. The fourth-order valence-corrected chi connectivity index (χ4v) is 5.28. The molecule has 130 valence electrons. The fourth-order valence-electron chi connectivity index (χ4n) is 4.16. The second kappa shape index (κ2) is 6.06. The van der Waals surface area contributed by atoms with Crippen molar-refractivity contribution in [3.63, 3.8) is 0 Å². The molecule has 3 heterocycles. The molecule has 6 heteroatoms. The third kappa shape index (κ3) is 2.61. The van der Waals surface area contributed by atoms with E-state index in [0.29, 0.717) is 26.2 Å². The highest BCUT2D eigenvalue weighted by Gasteiger charge is 2.47.